The molecule has 0 aliphatic carbocycles. The van der Waals surface area contributed by atoms with Gasteiger partial charge < -0.3 is 10.5 Å². The first-order valence-electron chi connectivity index (χ1n) is 4.76. The largest absolute Gasteiger partial charge is 0.490 e. The first-order valence-corrected chi connectivity index (χ1v) is 4.76. The number of benzene rings is 1. The van der Waals surface area contributed by atoms with Crippen molar-refractivity contribution < 1.29 is 14.1 Å². The highest BCUT2D eigenvalue weighted by atomic mass is 19.1. The molecule has 1 aromatic rings. The minimum atomic E-state index is -1.28. The summed E-state index contributed by atoms with van der Waals surface area (Å²) < 4.78 is 18.3. The molecule has 0 aliphatic rings. The molecule has 1 unspecified atom stereocenters. The molecule has 1 atom stereocenters. The van der Waals surface area contributed by atoms with Crippen molar-refractivity contribution in [2.45, 2.75) is 12.6 Å². The molecule has 0 spiro atoms. The minimum Gasteiger partial charge on any atom is -0.490 e. The monoisotopic (exact) mass is 228 g/mol. The average molecular weight is 228 g/mol. The lowest BCUT2D eigenvalue weighted by Crippen LogP contribution is -2.04. The first kappa shape index (κ1) is 12.4. The number of hydrogen-bond donors (Lipinski definition) is 1. The minimum absolute atomic E-state index is 0.119. The molecule has 0 fully saturated rings. The van der Waals surface area contributed by atoms with Crippen molar-refractivity contribution in [3.8, 4) is 5.75 Å². The molecular formula is C10H13FN2O3. The Morgan fingerprint density at radius 3 is 2.81 bits per heavy atom. The van der Waals surface area contributed by atoms with Crippen LogP contribution in [0.15, 0.2) is 18.2 Å². The molecule has 0 saturated heterocycles. The second-order valence-corrected chi connectivity index (χ2v) is 3.23. The van der Waals surface area contributed by atoms with Gasteiger partial charge >= 0.3 is 5.69 Å². The number of nitro benzene ring substituents is 1. The normalized spacial score (nSPS) is 12.2. The van der Waals surface area contributed by atoms with E-state index >= 15 is 0 Å². The van der Waals surface area contributed by atoms with Crippen LogP contribution in [0.1, 0.15) is 18.2 Å². The molecule has 6 heteroatoms. The van der Waals surface area contributed by atoms with Gasteiger partial charge in [0.15, 0.2) is 5.75 Å². The van der Waals surface area contributed by atoms with E-state index in [4.69, 9.17) is 10.5 Å². The Morgan fingerprint density at radius 2 is 2.31 bits per heavy atom. The summed E-state index contributed by atoms with van der Waals surface area (Å²) in [5.74, 6) is 0.119. The number of alkyl halides is 1. The van der Waals surface area contributed by atoms with Crippen LogP contribution in [0.2, 0.25) is 0 Å². The fraction of sp³-hybridized carbons (Fsp3) is 0.400. The summed E-state index contributed by atoms with van der Waals surface area (Å²) >= 11 is 0. The van der Waals surface area contributed by atoms with Gasteiger partial charge in [0.2, 0.25) is 0 Å². The molecule has 0 bridgehead atoms. The lowest BCUT2D eigenvalue weighted by molar-refractivity contribution is -0.385. The number of nitrogens with two attached hydrogens (primary N) is 1. The Kier molecular flexibility index (Phi) is 4.19. The Bertz CT molecular complexity index is 384. The average Bonchev–Trinajstić information content (AvgIpc) is 2.28. The highest BCUT2D eigenvalue weighted by molar-refractivity contribution is 5.49. The molecule has 5 nitrogen and oxygen atoms in total. The highest BCUT2D eigenvalue weighted by Crippen LogP contribution is 2.31. The van der Waals surface area contributed by atoms with E-state index in [0.29, 0.717) is 0 Å². The number of hydrogen-bond acceptors (Lipinski definition) is 4. The molecular weight excluding hydrogens is 215 g/mol. The number of ether oxygens (including phenoxy) is 1. The van der Waals surface area contributed by atoms with Gasteiger partial charge in [-0.25, -0.2) is 4.39 Å². The fourth-order valence-electron chi connectivity index (χ4n) is 1.36. The summed E-state index contributed by atoms with van der Waals surface area (Å²) in [6.45, 7) is 0.195. The SMILES string of the molecule is COc1ccc(C(F)CCN)cc1[N+](=O)[O-]. The van der Waals surface area contributed by atoms with E-state index in [9.17, 15) is 14.5 Å². The molecule has 2 N–H and O–H groups in total. The molecule has 1 rings (SSSR count). The Hall–Kier alpha value is -1.69. The van der Waals surface area contributed by atoms with Crippen LogP contribution < -0.4 is 10.5 Å². The van der Waals surface area contributed by atoms with Crippen LogP contribution in [0.25, 0.3) is 0 Å². The Balaban J connectivity index is 3.06. The van der Waals surface area contributed by atoms with Crippen molar-refractivity contribution in [2.75, 3.05) is 13.7 Å². The molecule has 16 heavy (non-hydrogen) atoms. The third kappa shape index (κ3) is 2.66. The van der Waals surface area contributed by atoms with Crippen molar-refractivity contribution >= 4 is 5.69 Å². The van der Waals surface area contributed by atoms with Crippen molar-refractivity contribution in [3.05, 3.63) is 33.9 Å². The third-order valence-electron chi connectivity index (χ3n) is 2.18. The van der Waals surface area contributed by atoms with Gasteiger partial charge in [0.05, 0.1) is 12.0 Å². The van der Waals surface area contributed by atoms with Crippen LogP contribution in [0.4, 0.5) is 10.1 Å². The molecule has 0 heterocycles. The van der Waals surface area contributed by atoms with Gasteiger partial charge in [-0.05, 0) is 24.6 Å². The summed E-state index contributed by atoms with van der Waals surface area (Å²) in [7, 11) is 1.33. The standard InChI is InChI=1S/C10H13FN2O3/c1-16-10-3-2-7(8(11)4-5-12)6-9(10)13(14)15/h2-3,6,8H,4-5,12H2,1H3. The quantitative estimate of drug-likeness (QED) is 0.617. The van der Waals surface area contributed by atoms with Crippen LogP contribution in [-0.2, 0) is 0 Å². The molecule has 0 radical (unpaired) electrons. The van der Waals surface area contributed by atoms with Crippen LogP contribution in [0, 0.1) is 10.1 Å². The zero-order valence-electron chi connectivity index (χ0n) is 8.85. The maximum atomic E-state index is 13.5. The van der Waals surface area contributed by atoms with Crippen LogP contribution in [0.3, 0.4) is 0 Å². The van der Waals surface area contributed by atoms with E-state index in [1.165, 1.54) is 25.3 Å². The molecule has 0 amide bonds. The van der Waals surface area contributed by atoms with Crippen LogP contribution in [-0.4, -0.2) is 18.6 Å². The zero-order chi connectivity index (χ0) is 12.1. The number of halogens is 1. The maximum Gasteiger partial charge on any atom is 0.311 e. The number of nitrogens with zero attached hydrogens (tertiary/aromatic N) is 1. The summed E-state index contributed by atoms with van der Waals surface area (Å²) in [5.41, 5.74) is 5.23. The van der Waals surface area contributed by atoms with E-state index < -0.39 is 11.1 Å². The highest BCUT2D eigenvalue weighted by Gasteiger charge is 2.18. The van der Waals surface area contributed by atoms with Gasteiger partial charge in [-0.2, -0.15) is 0 Å². The van der Waals surface area contributed by atoms with Crippen molar-refractivity contribution in [2.24, 2.45) is 5.73 Å². The molecule has 0 aromatic heterocycles. The summed E-state index contributed by atoms with van der Waals surface area (Å²) in [6, 6.07) is 4.03. The molecule has 0 aliphatic heterocycles. The third-order valence-corrected chi connectivity index (χ3v) is 2.18. The van der Waals surface area contributed by atoms with Crippen LogP contribution in [0.5, 0.6) is 5.75 Å². The smallest absolute Gasteiger partial charge is 0.311 e. The van der Waals surface area contributed by atoms with E-state index in [1.807, 2.05) is 0 Å². The number of nitro groups is 1. The number of rotatable bonds is 5. The van der Waals surface area contributed by atoms with Gasteiger partial charge in [-0.3, -0.25) is 10.1 Å². The first-order chi connectivity index (χ1) is 7.60. The predicted molar refractivity (Wildman–Crippen MR) is 57.2 cm³/mol. The lowest BCUT2D eigenvalue weighted by Gasteiger charge is -2.08. The summed E-state index contributed by atoms with van der Waals surface area (Å²) in [5, 5.41) is 10.7. The molecule has 1 aromatic carbocycles. The van der Waals surface area contributed by atoms with E-state index in [0.717, 1.165) is 0 Å². The van der Waals surface area contributed by atoms with Gasteiger partial charge in [0, 0.05) is 6.07 Å². The summed E-state index contributed by atoms with van der Waals surface area (Å²) in [6.07, 6.45) is -1.14. The van der Waals surface area contributed by atoms with Gasteiger partial charge in [-0.15, -0.1) is 0 Å². The summed E-state index contributed by atoms with van der Waals surface area (Å²) in [4.78, 5) is 10.1. The topological polar surface area (TPSA) is 78.4 Å². The van der Waals surface area contributed by atoms with E-state index in [1.54, 1.807) is 0 Å². The second kappa shape index (κ2) is 5.41. The number of methoxy groups -OCH3 is 1. The van der Waals surface area contributed by atoms with Crippen molar-refractivity contribution in [1.29, 1.82) is 0 Å². The Morgan fingerprint density at radius 1 is 1.62 bits per heavy atom. The van der Waals surface area contributed by atoms with E-state index in [2.05, 4.69) is 0 Å². The van der Waals surface area contributed by atoms with Crippen molar-refractivity contribution in [3.63, 3.8) is 0 Å². The molecule has 88 valence electrons. The van der Waals surface area contributed by atoms with Gasteiger partial charge in [-0.1, -0.05) is 6.07 Å². The second-order valence-electron chi connectivity index (χ2n) is 3.23. The van der Waals surface area contributed by atoms with Crippen molar-refractivity contribution in [1.82, 2.24) is 0 Å². The Labute approximate surface area is 92.2 Å². The maximum absolute atomic E-state index is 13.5. The van der Waals surface area contributed by atoms with Gasteiger partial charge in [0.25, 0.3) is 0 Å². The predicted octanol–water partition coefficient (Wildman–Crippen LogP) is 1.96. The fourth-order valence-corrected chi connectivity index (χ4v) is 1.36. The van der Waals surface area contributed by atoms with Crippen LogP contribution >= 0.6 is 0 Å². The molecule has 0 saturated carbocycles. The van der Waals surface area contributed by atoms with Gasteiger partial charge in [0.1, 0.15) is 6.17 Å². The zero-order valence-corrected chi connectivity index (χ0v) is 8.85. The lowest BCUT2D eigenvalue weighted by atomic mass is 10.1. The van der Waals surface area contributed by atoms with E-state index in [-0.39, 0.29) is 30.0 Å².